The van der Waals surface area contributed by atoms with Gasteiger partial charge in [-0.25, -0.2) is 0 Å². The van der Waals surface area contributed by atoms with Crippen LogP contribution in [0.15, 0.2) is 18.2 Å². The first kappa shape index (κ1) is 13.7. The number of carboxylic acids is 1. The summed E-state index contributed by atoms with van der Waals surface area (Å²) in [5.74, 6) is 0.622. The number of hydrogen-bond donors (Lipinski definition) is 2. The van der Waals surface area contributed by atoms with Crippen LogP contribution in [-0.4, -0.2) is 38.4 Å². The Morgan fingerprint density at radius 2 is 2.21 bits per heavy atom. The topological polar surface area (TPSA) is 67.8 Å². The van der Waals surface area contributed by atoms with Crippen LogP contribution in [0.2, 0.25) is 0 Å². The molecular weight excluding hydrogens is 246 g/mol. The number of aliphatic carboxylic acids is 1. The van der Waals surface area contributed by atoms with Crippen molar-refractivity contribution in [3.63, 3.8) is 0 Å². The summed E-state index contributed by atoms with van der Waals surface area (Å²) in [6.45, 7) is 1.24. The smallest absolute Gasteiger partial charge is 0.311 e. The molecule has 0 aliphatic carbocycles. The average Bonchev–Trinajstić information content (AvgIpc) is 2.89. The van der Waals surface area contributed by atoms with Gasteiger partial charge in [0.1, 0.15) is 11.5 Å². The molecule has 1 heterocycles. The van der Waals surface area contributed by atoms with Crippen molar-refractivity contribution in [2.45, 2.75) is 12.8 Å². The van der Waals surface area contributed by atoms with Crippen LogP contribution < -0.4 is 14.8 Å². The summed E-state index contributed by atoms with van der Waals surface area (Å²) in [4.78, 5) is 11.5. The van der Waals surface area contributed by atoms with Gasteiger partial charge in [0.05, 0.1) is 19.6 Å². The Morgan fingerprint density at radius 3 is 2.74 bits per heavy atom. The Hall–Kier alpha value is -1.75. The number of rotatable bonds is 5. The number of benzene rings is 1. The molecule has 1 fully saturated rings. The van der Waals surface area contributed by atoms with Gasteiger partial charge in [-0.2, -0.15) is 0 Å². The molecule has 0 spiro atoms. The number of nitrogens with one attached hydrogen (secondary N) is 1. The third-order valence-corrected chi connectivity index (χ3v) is 3.72. The highest BCUT2D eigenvalue weighted by Gasteiger charge is 2.41. The van der Waals surface area contributed by atoms with Gasteiger partial charge in [-0.1, -0.05) is 6.07 Å². The second kappa shape index (κ2) is 5.48. The number of methoxy groups -OCH3 is 2. The minimum Gasteiger partial charge on any atom is -0.497 e. The summed E-state index contributed by atoms with van der Waals surface area (Å²) in [5, 5.41) is 12.6. The first-order valence-corrected chi connectivity index (χ1v) is 6.26. The molecule has 1 aromatic carbocycles. The van der Waals surface area contributed by atoms with Gasteiger partial charge in [-0.3, -0.25) is 4.79 Å². The van der Waals surface area contributed by atoms with Crippen molar-refractivity contribution in [1.29, 1.82) is 0 Å². The summed E-state index contributed by atoms with van der Waals surface area (Å²) in [6, 6.07) is 5.49. The molecule has 5 nitrogen and oxygen atoms in total. The second-order valence-corrected chi connectivity index (χ2v) is 4.87. The van der Waals surface area contributed by atoms with E-state index in [2.05, 4.69) is 5.32 Å². The maximum Gasteiger partial charge on any atom is 0.311 e. The lowest BCUT2D eigenvalue weighted by atomic mass is 9.80. The maximum absolute atomic E-state index is 11.5. The van der Waals surface area contributed by atoms with E-state index in [0.717, 1.165) is 12.1 Å². The first-order chi connectivity index (χ1) is 9.11. The molecule has 0 bridgehead atoms. The molecule has 1 aliphatic heterocycles. The monoisotopic (exact) mass is 265 g/mol. The van der Waals surface area contributed by atoms with Gasteiger partial charge in [-0.15, -0.1) is 0 Å². The predicted molar refractivity (Wildman–Crippen MR) is 70.8 cm³/mol. The summed E-state index contributed by atoms with van der Waals surface area (Å²) in [5.41, 5.74) is 0.163. The van der Waals surface area contributed by atoms with Crippen LogP contribution in [0.4, 0.5) is 0 Å². The van der Waals surface area contributed by atoms with Crippen LogP contribution in [-0.2, 0) is 11.2 Å². The number of ether oxygens (including phenoxy) is 2. The molecule has 104 valence electrons. The lowest BCUT2D eigenvalue weighted by Gasteiger charge is -2.24. The molecule has 1 atom stereocenters. The van der Waals surface area contributed by atoms with Crippen molar-refractivity contribution in [1.82, 2.24) is 5.32 Å². The van der Waals surface area contributed by atoms with E-state index in [4.69, 9.17) is 9.47 Å². The fourth-order valence-corrected chi connectivity index (χ4v) is 2.52. The summed E-state index contributed by atoms with van der Waals surface area (Å²) in [7, 11) is 3.17. The molecule has 2 N–H and O–H groups in total. The summed E-state index contributed by atoms with van der Waals surface area (Å²) in [6.07, 6.45) is 1.10. The van der Waals surface area contributed by atoms with Crippen molar-refractivity contribution in [3.05, 3.63) is 23.8 Å². The zero-order valence-corrected chi connectivity index (χ0v) is 11.2. The third kappa shape index (κ3) is 2.66. The van der Waals surface area contributed by atoms with Gasteiger partial charge in [0.2, 0.25) is 0 Å². The second-order valence-electron chi connectivity index (χ2n) is 4.87. The van der Waals surface area contributed by atoms with Crippen molar-refractivity contribution < 1.29 is 19.4 Å². The zero-order valence-electron chi connectivity index (χ0n) is 11.2. The lowest BCUT2D eigenvalue weighted by Crippen LogP contribution is -2.35. The molecule has 1 aromatic rings. The molecule has 1 aliphatic rings. The van der Waals surface area contributed by atoms with E-state index in [1.54, 1.807) is 20.3 Å². The molecule has 19 heavy (non-hydrogen) atoms. The van der Waals surface area contributed by atoms with Gasteiger partial charge >= 0.3 is 5.97 Å². The molecule has 2 rings (SSSR count). The molecular formula is C14H19NO4. The Bertz CT molecular complexity index is 467. The summed E-state index contributed by atoms with van der Waals surface area (Å²) < 4.78 is 10.5. The molecule has 0 aromatic heterocycles. The largest absolute Gasteiger partial charge is 0.497 e. The van der Waals surface area contributed by atoms with E-state index in [9.17, 15) is 9.90 Å². The first-order valence-electron chi connectivity index (χ1n) is 6.26. The molecule has 0 amide bonds. The average molecular weight is 265 g/mol. The maximum atomic E-state index is 11.5. The van der Waals surface area contributed by atoms with Crippen molar-refractivity contribution >= 4 is 5.97 Å². The van der Waals surface area contributed by atoms with Crippen LogP contribution in [0.25, 0.3) is 0 Å². The van der Waals surface area contributed by atoms with E-state index in [-0.39, 0.29) is 0 Å². The van der Waals surface area contributed by atoms with Gasteiger partial charge in [-0.05, 0) is 31.0 Å². The van der Waals surface area contributed by atoms with Gasteiger partial charge in [0.15, 0.2) is 0 Å². The van der Waals surface area contributed by atoms with Crippen molar-refractivity contribution in [2.75, 3.05) is 27.3 Å². The predicted octanol–water partition coefficient (Wildman–Crippen LogP) is 1.31. The van der Waals surface area contributed by atoms with Crippen molar-refractivity contribution in [2.24, 2.45) is 5.41 Å². The van der Waals surface area contributed by atoms with Gasteiger partial charge < -0.3 is 19.9 Å². The molecule has 0 saturated carbocycles. The van der Waals surface area contributed by atoms with E-state index in [1.807, 2.05) is 12.1 Å². The van der Waals surface area contributed by atoms with Crippen LogP contribution >= 0.6 is 0 Å². The molecule has 0 radical (unpaired) electrons. The highest BCUT2D eigenvalue weighted by molar-refractivity contribution is 5.76. The zero-order chi connectivity index (χ0) is 13.9. The van der Waals surface area contributed by atoms with E-state index < -0.39 is 11.4 Å². The Labute approximate surface area is 112 Å². The Balaban J connectivity index is 2.29. The lowest BCUT2D eigenvalue weighted by molar-refractivity contribution is -0.147. The SMILES string of the molecule is COc1ccc(CC2(C(=O)O)CCNC2)c(OC)c1. The molecule has 1 saturated heterocycles. The van der Waals surface area contributed by atoms with E-state index in [0.29, 0.717) is 30.9 Å². The summed E-state index contributed by atoms with van der Waals surface area (Å²) >= 11 is 0. The van der Waals surface area contributed by atoms with Crippen LogP contribution in [0, 0.1) is 5.41 Å². The molecule has 5 heteroatoms. The minimum absolute atomic E-state index is 0.461. The Kier molecular flexibility index (Phi) is 3.95. The number of hydrogen-bond acceptors (Lipinski definition) is 4. The highest BCUT2D eigenvalue weighted by atomic mass is 16.5. The normalized spacial score (nSPS) is 22.2. The fraction of sp³-hybridized carbons (Fsp3) is 0.500. The van der Waals surface area contributed by atoms with Crippen LogP contribution in [0.3, 0.4) is 0 Å². The fourth-order valence-electron chi connectivity index (χ4n) is 2.52. The number of carboxylic acid groups (broad SMARTS) is 1. The van der Waals surface area contributed by atoms with Gasteiger partial charge in [0, 0.05) is 12.6 Å². The highest BCUT2D eigenvalue weighted by Crippen LogP contribution is 2.35. The minimum atomic E-state index is -0.754. The Morgan fingerprint density at radius 1 is 1.42 bits per heavy atom. The van der Waals surface area contributed by atoms with Crippen molar-refractivity contribution in [3.8, 4) is 11.5 Å². The quantitative estimate of drug-likeness (QED) is 0.840. The van der Waals surface area contributed by atoms with Gasteiger partial charge in [0.25, 0.3) is 0 Å². The third-order valence-electron chi connectivity index (χ3n) is 3.72. The number of carbonyl (C=O) groups is 1. The standard InChI is InChI=1S/C14H19NO4/c1-18-11-4-3-10(12(7-11)19-2)8-14(13(16)17)5-6-15-9-14/h3-4,7,15H,5-6,8-9H2,1-2H3,(H,16,17). The molecule has 1 unspecified atom stereocenters. The van der Waals surface area contributed by atoms with Crippen LogP contribution in [0.5, 0.6) is 11.5 Å². The van der Waals surface area contributed by atoms with E-state index >= 15 is 0 Å². The van der Waals surface area contributed by atoms with E-state index in [1.165, 1.54) is 0 Å². The van der Waals surface area contributed by atoms with Crippen LogP contribution in [0.1, 0.15) is 12.0 Å².